The molecule has 0 saturated heterocycles. The first-order valence-corrected chi connectivity index (χ1v) is 9.31. The van der Waals surface area contributed by atoms with Crippen molar-refractivity contribution in [3.63, 3.8) is 0 Å². The summed E-state index contributed by atoms with van der Waals surface area (Å²) in [7, 11) is 0. The van der Waals surface area contributed by atoms with Crippen molar-refractivity contribution >= 4 is 22.5 Å². The number of furan rings is 1. The topological polar surface area (TPSA) is 81.5 Å². The minimum Gasteiger partial charge on any atom is -0.463 e. The highest BCUT2D eigenvalue weighted by Crippen LogP contribution is 2.21. The molecule has 3 aromatic heterocycles. The van der Waals surface area contributed by atoms with Gasteiger partial charge in [-0.15, -0.1) is 0 Å². The van der Waals surface area contributed by atoms with E-state index in [1.54, 1.807) is 22.8 Å². The third kappa shape index (κ3) is 2.98. The first-order chi connectivity index (χ1) is 13.5. The molecule has 0 radical (unpaired) electrons. The molecule has 1 N–H and O–H groups in total. The average Bonchev–Trinajstić information content (AvgIpc) is 3.27. The standard InChI is InChI=1S/C21H22N4O3/c1-4-16(20(26)22-12-15-7-5-13(2)6-8-15)25-21(27)18-11-19-17(9-10-28-19)24(18)14(3)23-25/h5-11,16H,4,12H2,1-3H3,(H,22,26). The Morgan fingerprint density at radius 1 is 1.18 bits per heavy atom. The van der Waals surface area contributed by atoms with E-state index in [0.717, 1.165) is 11.1 Å². The van der Waals surface area contributed by atoms with Crippen LogP contribution in [0.15, 0.2) is 51.9 Å². The predicted molar refractivity (Wildman–Crippen MR) is 106 cm³/mol. The summed E-state index contributed by atoms with van der Waals surface area (Å²) in [4.78, 5) is 25.8. The highest BCUT2D eigenvalue weighted by molar-refractivity contribution is 5.83. The van der Waals surface area contributed by atoms with Crippen molar-refractivity contribution in [1.29, 1.82) is 0 Å². The molecule has 0 fully saturated rings. The molecule has 4 rings (SSSR count). The van der Waals surface area contributed by atoms with Gasteiger partial charge in [0.15, 0.2) is 5.58 Å². The van der Waals surface area contributed by atoms with Crippen LogP contribution in [0.1, 0.15) is 36.3 Å². The van der Waals surface area contributed by atoms with Gasteiger partial charge in [0.05, 0.1) is 11.8 Å². The molecule has 144 valence electrons. The van der Waals surface area contributed by atoms with Gasteiger partial charge in [-0.05, 0) is 25.8 Å². The number of nitrogens with zero attached hydrogens (tertiary/aromatic N) is 3. The van der Waals surface area contributed by atoms with Gasteiger partial charge in [0.2, 0.25) is 5.91 Å². The van der Waals surface area contributed by atoms with E-state index in [2.05, 4.69) is 10.4 Å². The molecule has 7 nitrogen and oxygen atoms in total. The monoisotopic (exact) mass is 378 g/mol. The van der Waals surface area contributed by atoms with Crippen LogP contribution >= 0.6 is 0 Å². The van der Waals surface area contributed by atoms with Crippen LogP contribution < -0.4 is 10.9 Å². The predicted octanol–water partition coefficient (Wildman–Crippen LogP) is 3.13. The van der Waals surface area contributed by atoms with Crippen LogP contribution in [0.4, 0.5) is 0 Å². The molecule has 4 aromatic rings. The molecule has 1 atom stereocenters. The normalized spacial score (nSPS) is 12.5. The number of aromatic nitrogens is 3. The first kappa shape index (κ1) is 18.0. The molecular formula is C21H22N4O3. The number of hydrogen-bond donors (Lipinski definition) is 1. The summed E-state index contributed by atoms with van der Waals surface area (Å²) in [6.45, 7) is 6.11. The molecule has 28 heavy (non-hydrogen) atoms. The van der Waals surface area contributed by atoms with Crippen LogP contribution in [0, 0.1) is 13.8 Å². The lowest BCUT2D eigenvalue weighted by Gasteiger charge is -2.18. The van der Waals surface area contributed by atoms with Gasteiger partial charge >= 0.3 is 0 Å². The van der Waals surface area contributed by atoms with E-state index in [0.29, 0.717) is 29.9 Å². The summed E-state index contributed by atoms with van der Waals surface area (Å²) >= 11 is 0. The molecule has 0 bridgehead atoms. The molecule has 1 aromatic carbocycles. The largest absolute Gasteiger partial charge is 0.463 e. The Balaban J connectivity index is 1.66. The Hall–Kier alpha value is -3.35. The number of carbonyl (C=O) groups excluding carboxylic acids is 1. The third-order valence-corrected chi connectivity index (χ3v) is 5.00. The molecule has 0 spiro atoms. The van der Waals surface area contributed by atoms with E-state index >= 15 is 0 Å². The lowest BCUT2D eigenvalue weighted by Crippen LogP contribution is -2.39. The van der Waals surface area contributed by atoms with Crippen LogP contribution in [0.25, 0.3) is 16.6 Å². The van der Waals surface area contributed by atoms with E-state index in [1.807, 2.05) is 45.0 Å². The maximum atomic E-state index is 13.0. The van der Waals surface area contributed by atoms with E-state index in [1.165, 1.54) is 10.2 Å². The number of fused-ring (bicyclic) bond motifs is 3. The van der Waals surface area contributed by atoms with Crippen LogP contribution in [0.3, 0.4) is 0 Å². The molecule has 0 aliphatic carbocycles. The van der Waals surface area contributed by atoms with Crippen molar-refractivity contribution < 1.29 is 9.21 Å². The van der Waals surface area contributed by atoms with Crippen molar-refractivity contribution in [1.82, 2.24) is 19.5 Å². The van der Waals surface area contributed by atoms with Gasteiger partial charge in [-0.1, -0.05) is 36.8 Å². The zero-order valence-electron chi connectivity index (χ0n) is 16.1. The van der Waals surface area contributed by atoms with Crippen LogP contribution in [0.5, 0.6) is 0 Å². The van der Waals surface area contributed by atoms with Gasteiger partial charge in [-0.25, -0.2) is 4.68 Å². The van der Waals surface area contributed by atoms with Crippen molar-refractivity contribution in [3.8, 4) is 0 Å². The van der Waals surface area contributed by atoms with Crippen LogP contribution in [-0.4, -0.2) is 20.1 Å². The van der Waals surface area contributed by atoms with Gasteiger partial charge in [0.25, 0.3) is 5.56 Å². The quantitative estimate of drug-likeness (QED) is 0.578. The summed E-state index contributed by atoms with van der Waals surface area (Å²) < 4.78 is 8.45. The van der Waals surface area contributed by atoms with Gasteiger partial charge in [-0.2, -0.15) is 5.10 Å². The second-order valence-corrected chi connectivity index (χ2v) is 6.96. The van der Waals surface area contributed by atoms with Crippen LogP contribution in [-0.2, 0) is 11.3 Å². The maximum absolute atomic E-state index is 13.0. The van der Waals surface area contributed by atoms with Gasteiger partial charge in [0.1, 0.15) is 17.4 Å². The molecule has 0 saturated carbocycles. The van der Waals surface area contributed by atoms with E-state index in [-0.39, 0.29) is 11.5 Å². The lowest BCUT2D eigenvalue weighted by molar-refractivity contribution is -0.125. The van der Waals surface area contributed by atoms with Gasteiger partial charge in [-0.3, -0.25) is 14.0 Å². The number of amides is 1. The zero-order chi connectivity index (χ0) is 19.8. The average molecular weight is 378 g/mol. The number of aryl methyl sites for hydroxylation is 2. The number of nitrogens with one attached hydrogen (secondary N) is 1. The molecule has 3 heterocycles. The minimum absolute atomic E-state index is 0.225. The molecule has 0 aliphatic rings. The summed E-state index contributed by atoms with van der Waals surface area (Å²) in [5.74, 6) is 0.396. The Morgan fingerprint density at radius 2 is 1.93 bits per heavy atom. The molecule has 7 heteroatoms. The molecule has 1 unspecified atom stereocenters. The second-order valence-electron chi connectivity index (χ2n) is 6.96. The van der Waals surface area contributed by atoms with Crippen molar-refractivity contribution in [2.45, 2.75) is 39.8 Å². The molecule has 0 aliphatic heterocycles. The highest BCUT2D eigenvalue weighted by Gasteiger charge is 2.23. The fourth-order valence-corrected chi connectivity index (χ4v) is 3.49. The smallest absolute Gasteiger partial charge is 0.291 e. The van der Waals surface area contributed by atoms with E-state index < -0.39 is 6.04 Å². The van der Waals surface area contributed by atoms with Gasteiger partial charge < -0.3 is 9.73 Å². The summed E-state index contributed by atoms with van der Waals surface area (Å²) in [6, 6.07) is 10.8. The fourth-order valence-electron chi connectivity index (χ4n) is 3.49. The first-order valence-electron chi connectivity index (χ1n) is 9.31. The fraction of sp³-hybridized carbons (Fsp3) is 0.286. The zero-order valence-corrected chi connectivity index (χ0v) is 16.1. The number of rotatable bonds is 5. The summed E-state index contributed by atoms with van der Waals surface area (Å²) in [5, 5.41) is 7.35. The van der Waals surface area contributed by atoms with Crippen molar-refractivity contribution in [2.24, 2.45) is 0 Å². The van der Waals surface area contributed by atoms with E-state index in [4.69, 9.17) is 4.42 Å². The number of carbonyl (C=O) groups is 1. The van der Waals surface area contributed by atoms with Crippen molar-refractivity contribution in [2.75, 3.05) is 0 Å². The van der Waals surface area contributed by atoms with Crippen LogP contribution in [0.2, 0.25) is 0 Å². The number of benzene rings is 1. The Bertz CT molecular complexity index is 1210. The SMILES string of the molecule is CCC(C(=O)NCc1ccc(C)cc1)n1nc(C)n2c(cc3occc32)c1=O. The molecule has 1 amide bonds. The van der Waals surface area contributed by atoms with Gasteiger partial charge in [0, 0.05) is 18.7 Å². The Labute approximate surface area is 161 Å². The maximum Gasteiger partial charge on any atom is 0.291 e. The Morgan fingerprint density at radius 3 is 2.64 bits per heavy atom. The minimum atomic E-state index is -0.678. The lowest BCUT2D eigenvalue weighted by atomic mass is 10.1. The number of hydrogen-bond acceptors (Lipinski definition) is 4. The third-order valence-electron chi connectivity index (χ3n) is 5.00. The Kier molecular flexibility index (Phi) is 4.50. The molecular weight excluding hydrogens is 356 g/mol. The van der Waals surface area contributed by atoms with Crippen molar-refractivity contribution in [3.05, 3.63) is 70.0 Å². The summed E-state index contributed by atoms with van der Waals surface area (Å²) in [5.41, 5.74) is 3.73. The van der Waals surface area contributed by atoms with E-state index in [9.17, 15) is 9.59 Å². The second kappa shape index (κ2) is 6.99. The highest BCUT2D eigenvalue weighted by atomic mass is 16.3. The summed E-state index contributed by atoms with van der Waals surface area (Å²) in [6.07, 6.45) is 2.04.